The monoisotopic (exact) mass is 392 g/mol. The molecule has 1 heterocycles. The zero-order valence-corrected chi connectivity index (χ0v) is 14.6. The van der Waals surface area contributed by atoms with Crippen LogP contribution in [0.2, 0.25) is 0 Å². The maximum absolute atomic E-state index is 13.7. The number of nitrogens with one attached hydrogen (secondary N) is 1. The van der Waals surface area contributed by atoms with E-state index in [1.54, 1.807) is 13.0 Å². The minimum atomic E-state index is -3.20. The highest BCUT2D eigenvalue weighted by Crippen LogP contribution is 2.24. The molecule has 5 nitrogen and oxygen atoms in total. The predicted molar refractivity (Wildman–Crippen MR) is 86.5 cm³/mol. The fourth-order valence-electron chi connectivity index (χ4n) is 2.40. The van der Waals surface area contributed by atoms with Crippen molar-refractivity contribution >= 4 is 37.5 Å². The Balaban J connectivity index is 1.95. The van der Waals surface area contributed by atoms with Gasteiger partial charge in [-0.3, -0.25) is 4.79 Å². The Morgan fingerprint density at radius 2 is 2.05 bits per heavy atom. The fourth-order valence-corrected chi connectivity index (χ4v) is 3.87. The van der Waals surface area contributed by atoms with Gasteiger partial charge in [-0.2, -0.15) is 0 Å². The number of benzene rings is 1. The third-order valence-electron chi connectivity index (χ3n) is 3.77. The van der Waals surface area contributed by atoms with Crippen molar-refractivity contribution in [3.63, 3.8) is 0 Å². The number of hydrogen-bond acceptors (Lipinski definition) is 3. The molecule has 8 heteroatoms. The van der Waals surface area contributed by atoms with E-state index in [1.165, 1.54) is 16.4 Å². The molecule has 1 N–H and O–H groups in total. The van der Waals surface area contributed by atoms with Crippen LogP contribution in [0.3, 0.4) is 0 Å². The number of halogens is 2. The molecule has 2 rings (SSSR count). The molecule has 0 radical (unpaired) electrons. The minimum Gasteiger partial charge on any atom is -0.323 e. The Morgan fingerprint density at radius 3 is 2.59 bits per heavy atom. The molecular weight excluding hydrogens is 375 g/mol. The molecule has 1 aliphatic rings. The summed E-state index contributed by atoms with van der Waals surface area (Å²) in [6.07, 6.45) is 0.895. The van der Waals surface area contributed by atoms with E-state index in [0.717, 1.165) is 0 Å². The van der Waals surface area contributed by atoms with Crippen molar-refractivity contribution in [3.05, 3.63) is 28.5 Å². The largest absolute Gasteiger partial charge is 0.323 e. The molecular formula is C14H18BrFN2O3S. The van der Waals surface area contributed by atoms with Gasteiger partial charge in [0.2, 0.25) is 15.9 Å². The number of nitrogens with zero attached hydrogens (tertiary/aromatic N) is 1. The van der Waals surface area contributed by atoms with Gasteiger partial charge in [0.25, 0.3) is 0 Å². The molecule has 1 fully saturated rings. The molecule has 0 atom stereocenters. The summed E-state index contributed by atoms with van der Waals surface area (Å²) in [4.78, 5) is 12.2. The second-order valence-corrected chi connectivity index (χ2v) is 8.36. The lowest BCUT2D eigenvalue weighted by Gasteiger charge is -2.30. The van der Waals surface area contributed by atoms with Crippen LogP contribution in [-0.2, 0) is 14.8 Å². The minimum absolute atomic E-state index is 0.0635. The zero-order valence-electron chi connectivity index (χ0n) is 12.2. The molecule has 1 amide bonds. The van der Waals surface area contributed by atoms with Gasteiger partial charge >= 0.3 is 0 Å². The van der Waals surface area contributed by atoms with Gasteiger partial charge in [0, 0.05) is 23.5 Å². The summed E-state index contributed by atoms with van der Waals surface area (Å²) < 4.78 is 39.3. The standard InChI is InChI=1S/C14H18BrFN2O3S/c1-2-22(20,21)18-7-5-10(6-8-18)14(19)17-13-4-3-11(15)9-12(13)16/h3-4,9-10H,2,5-8H2,1H3,(H,17,19). The molecule has 22 heavy (non-hydrogen) atoms. The Kier molecular flexibility index (Phi) is 5.57. The van der Waals surface area contributed by atoms with Crippen molar-refractivity contribution in [2.45, 2.75) is 19.8 Å². The number of piperidine rings is 1. The topological polar surface area (TPSA) is 66.5 Å². The smallest absolute Gasteiger partial charge is 0.227 e. The van der Waals surface area contributed by atoms with Gasteiger partial charge in [0.1, 0.15) is 5.82 Å². The number of carbonyl (C=O) groups excluding carboxylic acids is 1. The molecule has 0 spiro atoms. The van der Waals surface area contributed by atoms with Crippen LogP contribution in [-0.4, -0.2) is 37.5 Å². The Bertz CT molecular complexity index is 658. The second-order valence-electron chi connectivity index (χ2n) is 5.19. The van der Waals surface area contributed by atoms with Crippen molar-refractivity contribution in [2.24, 2.45) is 5.92 Å². The summed E-state index contributed by atoms with van der Waals surface area (Å²) in [6, 6.07) is 4.43. The first-order valence-electron chi connectivity index (χ1n) is 7.07. The van der Waals surface area contributed by atoms with E-state index in [4.69, 9.17) is 0 Å². The molecule has 0 aromatic heterocycles. The number of sulfonamides is 1. The normalized spacial score (nSPS) is 17.4. The number of anilines is 1. The van der Waals surface area contributed by atoms with E-state index in [0.29, 0.717) is 30.4 Å². The molecule has 122 valence electrons. The average molecular weight is 393 g/mol. The summed E-state index contributed by atoms with van der Waals surface area (Å²) in [5, 5.41) is 2.57. The third-order valence-corrected chi connectivity index (χ3v) is 6.15. The van der Waals surface area contributed by atoms with Crippen molar-refractivity contribution in [1.29, 1.82) is 0 Å². The first-order valence-corrected chi connectivity index (χ1v) is 9.47. The van der Waals surface area contributed by atoms with E-state index in [-0.39, 0.29) is 23.3 Å². The summed E-state index contributed by atoms with van der Waals surface area (Å²) >= 11 is 3.16. The summed E-state index contributed by atoms with van der Waals surface area (Å²) in [5.41, 5.74) is 0.136. The van der Waals surface area contributed by atoms with E-state index in [1.807, 2.05) is 0 Å². The van der Waals surface area contributed by atoms with Crippen LogP contribution >= 0.6 is 15.9 Å². The van der Waals surface area contributed by atoms with Gasteiger partial charge in [-0.25, -0.2) is 17.1 Å². The van der Waals surface area contributed by atoms with E-state index in [9.17, 15) is 17.6 Å². The van der Waals surface area contributed by atoms with Crippen LogP contribution < -0.4 is 5.32 Å². The zero-order chi connectivity index (χ0) is 16.3. The van der Waals surface area contributed by atoms with Crippen LogP contribution in [0.15, 0.2) is 22.7 Å². The molecule has 0 saturated carbocycles. The van der Waals surface area contributed by atoms with Gasteiger partial charge < -0.3 is 5.32 Å². The summed E-state index contributed by atoms with van der Waals surface area (Å²) in [6.45, 7) is 2.26. The lowest BCUT2D eigenvalue weighted by molar-refractivity contribution is -0.120. The lowest BCUT2D eigenvalue weighted by atomic mass is 9.97. The van der Waals surface area contributed by atoms with Crippen LogP contribution in [0.4, 0.5) is 10.1 Å². The molecule has 1 aromatic rings. The quantitative estimate of drug-likeness (QED) is 0.855. The van der Waals surface area contributed by atoms with Crippen molar-refractivity contribution in [2.75, 3.05) is 24.2 Å². The molecule has 1 aliphatic heterocycles. The number of rotatable bonds is 4. The van der Waals surface area contributed by atoms with Gasteiger partial charge in [-0.1, -0.05) is 15.9 Å². The van der Waals surface area contributed by atoms with Crippen LogP contribution in [0, 0.1) is 11.7 Å². The van der Waals surface area contributed by atoms with E-state index in [2.05, 4.69) is 21.2 Å². The first kappa shape index (κ1) is 17.4. The molecule has 1 aromatic carbocycles. The molecule has 0 bridgehead atoms. The van der Waals surface area contributed by atoms with E-state index < -0.39 is 15.8 Å². The molecule has 1 saturated heterocycles. The van der Waals surface area contributed by atoms with Crippen LogP contribution in [0.25, 0.3) is 0 Å². The Labute approximate surface area is 138 Å². The fraction of sp³-hybridized carbons (Fsp3) is 0.500. The van der Waals surface area contributed by atoms with Crippen LogP contribution in [0.5, 0.6) is 0 Å². The maximum atomic E-state index is 13.7. The maximum Gasteiger partial charge on any atom is 0.227 e. The van der Waals surface area contributed by atoms with Gasteiger partial charge in [-0.05, 0) is 38.0 Å². The first-order chi connectivity index (χ1) is 10.3. The summed E-state index contributed by atoms with van der Waals surface area (Å²) in [5.74, 6) is -1.01. The SMILES string of the molecule is CCS(=O)(=O)N1CCC(C(=O)Nc2ccc(Br)cc2F)CC1. The van der Waals surface area contributed by atoms with Crippen molar-refractivity contribution in [1.82, 2.24) is 4.31 Å². The third kappa shape index (κ3) is 4.05. The Hall–Kier alpha value is -0.990. The summed E-state index contributed by atoms with van der Waals surface area (Å²) in [7, 11) is -3.20. The Morgan fingerprint density at radius 1 is 1.41 bits per heavy atom. The number of amides is 1. The van der Waals surface area contributed by atoms with Crippen molar-refractivity contribution in [3.8, 4) is 0 Å². The van der Waals surface area contributed by atoms with Crippen LogP contribution in [0.1, 0.15) is 19.8 Å². The highest BCUT2D eigenvalue weighted by Gasteiger charge is 2.30. The highest BCUT2D eigenvalue weighted by molar-refractivity contribution is 9.10. The van der Waals surface area contributed by atoms with Crippen molar-refractivity contribution < 1.29 is 17.6 Å². The molecule has 0 unspecified atom stereocenters. The highest BCUT2D eigenvalue weighted by atomic mass is 79.9. The molecule has 0 aliphatic carbocycles. The second kappa shape index (κ2) is 7.06. The number of hydrogen-bond donors (Lipinski definition) is 1. The predicted octanol–water partition coefficient (Wildman–Crippen LogP) is 2.59. The van der Waals surface area contributed by atoms with E-state index >= 15 is 0 Å². The average Bonchev–Trinajstić information content (AvgIpc) is 2.50. The lowest BCUT2D eigenvalue weighted by Crippen LogP contribution is -2.42. The number of carbonyl (C=O) groups is 1. The van der Waals surface area contributed by atoms with Gasteiger partial charge in [0.15, 0.2) is 0 Å². The van der Waals surface area contributed by atoms with Gasteiger partial charge in [0.05, 0.1) is 11.4 Å². The van der Waals surface area contributed by atoms with Gasteiger partial charge in [-0.15, -0.1) is 0 Å².